The number of benzene rings is 1. The molecule has 9 heteroatoms. The smallest absolute Gasteiger partial charge is 0.417 e. The number of nitrogens with zero attached hydrogens (tertiary/aromatic N) is 3. The van der Waals surface area contributed by atoms with Crippen molar-refractivity contribution in [3.05, 3.63) is 46.6 Å². The van der Waals surface area contributed by atoms with Crippen molar-refractivity contribution < 1.29 is 22.7 Å². The molecule has 0 bridgehead atoms. The highest BCUT2D eigenvalue weighted by Crippen LogP contribution is 2.37. The molecule has 0 spiro atoms. The van der Waals surface area contributed by atoms with Gasteiger partial charge in [0.25, 0.3) is 5.91 Å². The number of halogens is 3. The maximum Gasteiger partial charge on any atom is 0.417 e. The van der Waals surface area contributed by atoms with E-state index < -0.39 is 24.3 Å². The highest BCUT2D eigenvalue weighted by molar-refractivity contribution is 5.92. The van der Waals surface area contributed by atoms with E-state index in [-0.39, 0.29) is 22.6 Å². The van der Waals surface area contributed by atoms with E-state index in [4.69, 9.17) is 4.74 Å². The van der Waals surface area contributed by atoms with Crippen molar-refractivity contribution in [3.8, 4) is 5.88 Å². The maximum atomic E-state index is 13.4. The first-order chi connectivity index (χ1) is 13.1. The summed E-state index contributed by atoms with van der Waals surface area (Å²) in [6.45, 7) is 4.87. The molecular weight excluding hydrogens is 373 g/mol. The number of amides is 1. The fourth-order valence-electron chi connectivity index (χ4n) is 2.88. The third kappa shape index (κ3) is 3.92. The minimum absolute atomic E-state index is 0.0388. The Labute approximate surface area is 159 Å². The first-order valence-electron chi connectivity index (χ1n) is 8.47. The van der Waals surface area contributed by atoms with Gasteiger partial charge in [0.1, 0.15) is 0 Å². The van der Waals surface area contributed by atoms with Crippen molar-refractivity contribution in [2.75, 3.05) is 11.9 Å². The minimum atomic E-state index is -4.60. The van der Waals surface area contributed by atoms with E-state index in [1.165, 1.54) is 18.7 Å². The Balaban J connectivity index is 1.81. The summed E-state index contributed by atoms with van der Waals surface area (Å²) in [4.78, 5) is 16.2. The van der Waals surface area contributed by atoms with E-state index in [2.05, 4.69) is 15.4 Å². The second-order valence-electron chi connectivity index (χ2n) is 6.55. The van der Waals surface area contributed by atoms with E-state index in [0.29, 0.717) is 5.69 Å². The van der Waals surface area contributed by atoms with Gasteiger partial charge in [-0.2, -0.15) is 23.3 Å². The molecule has 1 aromatic carbocycles. The first-order valence-corrected chi connectivity index (χ1v) is 8.47. The number of rotatable bonds is 4. The Bertz CT molecular complexity index is 1060. The number of aryl methyl sites for hydroxylation is 4. The Morgan fingerprint density at radius 3 is 2.54 bits per heavy atom. The van der Waals surface area contributed by atoms with Gasteiger partial charge in [-0.05, 0) is 44.0 Å². The zero-order valence-corrected chi connectivity index (χ0v) is 15.8. The molecule has 0 aliphatic heterocycles. The molecule has 2 aromatic heterocycles. The molecule has 6 nitrogen and oxygen atoms in total. The lowest BCUT2D eigenvalue weighted by atomic mass is 10.1. The van der Waals surface area contributed by atoms with Crippen LogP contribution < -0.4 is 10.1 Å². The van der Waals surface area contributed by atoms with Gasteiger partial charge in [0.2, 0.25) is 5.88 Å². The van der Waals surface area contributed by atoms with Crippen LogP contribution in [0, 0.1) is 20.8 Å². The molecule has 0 saturated heterocycles. The van der Waals surface area contributed by atoms with Crippen LogP contribution in [0.5, 0.6) is 5.88 Å². The fourth-order valence-corrected chi connectivity index (χ4v) is 2.88. The van der Waals surface area contributed by atoms with Crippen LogP contribution in [0.15, 0.2) is 24.3 Å². The first kappa shape index (κ1) is 19.7. The minimum Gasteiger partial charge on any atom is -0.467 e. The molecule has 0 fully saturated rings. The van der Waals surface area contributed by atoms with E-state index in [1.807, 2.05) is 19.9 Å². The lowest BCUT2D eigenvalue weighted by Crippen LogP contribution is -2.21. The topological polar surface area (TPSA) is 69.0 Å². The maximum absolute atomic E-state index is 13.4. The molecule has 0 saturated carbocycles. The molecule has 0 aliphatic carbocycles. The molecule has 0 unspecified atom stereocenters. The number of nitrogens with one attached hydrogen (secondary N) is 1. The van der Waals surface area contributed by atoms with E-state index in [1.54, 1.807) is 12.1 Å². The Morgan fingerprint density at radius 2 is 1.89 bits per heavy atom. The van der Waals surface area contributed by atoms with Crippen LogP contribution in [0.2, 0.25) is 0 Å². The fraction of sp³-hybridized carbons (Fsp3) is 0.316. The molecule has 2 heterocycles. The molecule has 3 rings (SSSR count). The Kier molecular flexibility index (Phi) is 5.01. The monoisotopic (exact) mass is 392 g/mol. The molecule has 1 amide bonds. The van der Waals surface area contributed by atoms with E-state index >= 15 is 0 Å². The summed E-state index contributed by atoms with van der Waals surface area (Å²) in [5.41, 5.74) is 2.03. The molecule has 0 aliphatic rings. The van der Waals surface area contributed by atoms with Crippen LogP contribution in [-0.2, 0) is 18.0 Å². The number of hydrogen-bond donors (Lipinski definition) is 1. The number of pyridine rings is 1. The van der Waals surface area contributed by atoms with Gasteiger partial charge in [0.15, 0.2) is 12.3 Å². The zero-order valence-electron chi connectivity index (χ0n) is 15.8. The summed E-state index contributed by atoms with van der Waals surface area (Å²) in [6, 6.07) is 6.20. The van der Waals surface area contributed by atoms with E-state index in [0.717, 1.165) is 17.2 Å². The van der Waals surface area contributed by atoms with E-state index in [9.17, 15) is 18.0 Å². The summed E-state index contributed by atoms with van der Waals surface area (Å²) in [5.74, 6) is -0.794. The second-order valence-corrected chi connectivity index (χ2v) is 6.55. The van der Waals surface area contributed by atoms with Crippen molar-refractivity contribution in [2.45, 2.75) is 26.9 Å². The van der Waals surface area contributed by atoms with Gasteiger partial charge in [-0.15, -0.1) is 0 Å². The third-order valence-corrected chi connectivity index (χ3v) is 4.39. The standard InChI is InChI=1S/C19H19F3N4O2/c1-10-5-6-13(7-11(10)2)23-15(27)9-28-16-8-14(19(20,21)22)17-12(3)25-26(4)18(17)24-16/h5-8H,9H2,1-4H3,(H,23,27). The normalized spacial score (nSPS) is 11.7. The summed E-state index contributed by atoms with van der Waals surface area (Å²) in [7, 11) is 1.50. The van der Waals surface area contributed by atoms with Crippen molar-refractivity contribution in [1.29, 1.82) is 0 Å². The Hall–Kier alpha value is -3.10. The molecule has 148 valence electrons. The van der Waals surface area contributed by atoms with Gasteiger partial charge in [-0.3, -0.25) is 9.48 Å². The second kappa shape index (κ2) is 7.14. The summed E-state index contributed by atoms with van der Waals surface area (Å²) in [6.07, 6.45) is -4.60. The SMILES string of the molecule is Cc1ccc(NC(=O)COc2cc(C(F)(F)F)c3c(C)nn(C)c3n2)cc1C. The van der Waals surface area contributed by atoms with Crippen molar-refractivity contribution in [2.24, 2.45) is 7.05 Å². The number of fused-ring (bicyclic) bond motifs is 1. The highest BCUT2D eigenvalue weighted by Gasteiger charge is 2.35. The summed E-state index contributed by atoms with van der Waals surface area (Å²) >= 11 is 0. The van der Waals surface area contributed by atoms with Crippen LogP contribution >= 0.6 is 0 Å². The van der Waals surface area contributed by atoms with Gasteiger partial charge < -0.3 is 10.1 Å². The van der Waals surface area contributed by atoms with Gasteiger partial charge in [0.05, 0.1) is 16.6 Å². The van der Waals surface area contributed by atoms with Gasteiger partial charge in [-0.25, -0.2) is 0 Å². The number of carbonyl (C=O) groups excluding carboxylic acids is 1. The van der Waals surface area contributed by atoms with Crippen LogP contribution in [0.1, 0.15) is 22.4 Å². The average molecular weight is 392 g/mol. The van der Waals surface area contributed by atoms with Crippen molar-refractivity contribution in [1.82, 2.24) is 14.8 Å². The number of aromatic nitrogens is 3. The zero-order chi connectivity index (χ0) is 20.6. The molecular formula is C19H19F3N4O2. The molecule has 0 radical (unpaired) electrons. The van der Waals surface area contributed by atoms with Crippen LogP contribution in [-0.4, -0.2) is 27.3 Å². The highest BCUT2D eigenvalue weighted by atomic mass is 19.4. The number of alkyl halides is 3. The number of ether oxygens (including phenoxy) is 1. The summed E-state index contributed by atoms with van der Waals surface area (Å²) in [5, 5.41) is 6.56. The average Bonchev–Trinajstić information content (AvgIpc) is 2.89. The van der Waals surface area contributed by atoms with Crippen LogP contribution in [0.25, 0.3) is 11.0 Å². The largest absolute Gasteiger partial charge is 0.467 e. The number of carbonyl (C=O) groups is 1. The van der Waals surface area contributed by atoms with Crippen LogP contribution in [0.4, 0.5) is 18.9 Å². The van der Waals surface area contributed by atoms with Crippen molar-refractivity contribution >= 4 is 22.6 Å². The number of anilines is 1. The quantitative estimate of drug-likeness (QED) is 0.731. The molecule has 3 aromatic rings. The molecule has 28 heavy (non-hydrogen) atoms. The van der Waals surface area contributed by atoms with Crippen molar-refractivity contribution in [3.63, 3.8) is 0 Å². The predicted octanol–water partition coefficient (Wildman–Crippen LogP) is 3.93. The predicted molar refractivity (Wildman–Crippen MR) is 98.3 cm³/mol. The molecule has 0 atom stereocenters. The number of hydrogen-bond acceptors (Lipinski definition) is 4. The summed E-state index contributed by atoms with van der Waals surface area (Å²) < 4.78 is 46.8. The molecule has 1 N–H and O–H groups in total. The lowest BCUT2D eigenvalue weighted by Gasteiger charge is -2.12. The lowest BCUT2D eigenvalue weighted by molar-refractivity contribution is -0.136. The third-order valence-electron chi connectivity index (χ3n) is 4.39. The van der Waals surface area contributed by atoms with Gasteiger partial charge in [-0.1, -0.05) is 6.07 Å². The Morgan fingerprint density at radius 1 is 1.18 bits per heavy atom. The van der Waals surface area contributed by atoms with Gasteiger partial charge >= 0.3 is 6.18 Å². The van der Waals surface area contributed by atoms with Gasteiger partial charge in [0, 0.05) is 18.8 Å². The van der Waals surface area contributed by atoms with Crippen LogP contribution in [0.3, 0.4) is 0 Å².